The molecule has 1 atom stereocenters. The molecule has 0 aliphatic carbocycles. The Kier molecular flexibility index (Phi) is 4.87. The van der Waals surface area contributed by atoms with Crippen LogP contribution in [0.25, 0.3) is 0 Å². The third kappa shape index (κ3) is 3.30. The van der Waals surface area contributed by atoms with Gasteiger partial charge in [0.25, 0.3) is 0 Å². The van der Waals surface area contributed by atoms with E-state index in [1.165, 1.54) is 0 Å². The van der Waals surface area contributed by atoms with Gasteiger partial charge in [-0.2, -0.15) is 0 Å². The van der Waals surface area contributed by atoms with Crippen LogP contribution in [0.15, 0.2) is 18.2 Å². The normalized spacial score (nSPS) is 19.1. The number of nitrogens with zero attached hydrogens (tertiary/aromatic N) is 2. The molecule has 2 rings (SSSR count). The number of benzene rings is 1. The molecule has 120 valence electrons. The molecule has 0 aromatic heterocycles. The van der Waals surface area contributed by atoms with E-state index >= 15 is 0 Å². The van der Waals surface area contributed by atoms with Crippen LogP contribution in [0.4, 0.5) is 0 Å². The van der Waals surface area contributed by atoms with E-state index < -0.39 is 12.0 Å². The molecule has 1 aliphatic heterocycles. The Morgan fingerprint density at radius 2 is 2.00 bits per heavy atom. The second-order valence-corrected chi connectivity index (χ2v) is 5.24. The van der Waals surface area contributed by atoms with E-state index in [2.05, 4.69) is 0 Å². The Morgan fingerprint density at radius 3 is 2.59 bits per heavy atom. The molecule has 1 aliphatic rings. The van der Waals surface area contributed by atoms with E-state index in [9.17, 15) is 9.59 Å². The van der Waals surface area contributed by atoms with E-state index in [0.29, 0.717) is 18.0 Å². The molecule has 1 aromatic rings. The highest BCUT2D eigenvalue weighted by atomic mass is 16.5. The SMILES string of the molecule is COc1ccc(CN2CN(C)C(C(=O)O)CC2=O)cc1OC. The van der Waals surface area contributed by atoms with Crippen molar-refractivity contribution in [3.63, 3.8) is 0 Å². The number of rotatable bonds is 5. The van der Waals surface area contributed by atoms with Crippen LogP contribution in [0.2, 0.25) is 0 Å². The van der Waals surface area contributed by atoms with Gasteiger partial charge in [-0.25, -0.2) is 0 Å². The van der Waals surface area contributed by atoms with Gasteiger partial charge in [-0.05, 0) is 24.7 Å². The second kappa shape index (κ2) is 6.65. The molecule has 1 unspecified atom stereocenters. The number of carboxylic acids is 1. The van der Waals surface area contributed by atoms with Crippen molar-refractivity contribution in [2.75, 3.05) is 27.9 Å². The van der Waals surface area contributed by atoms with Crippen molar-refractivity contribution >= 4 is 11.9 Å². The fraction of sp³-hybridized carbons (Fsp3) is 0.467. The third-order valence-corrected chi connectivity index (χ3v) is 3.75. The van der Waals surface area contributed by atoms with E-state index in [-0.39, 0.29) is 19.0 Å². The molecule has 0 bridgehead atoms. The van der Waals surface area contributed by atoms with Crippen LogP contribution in [-0.2, 0) is 16.1 Å². The Morgan fingerprint density at radius 1 is 1.32 bits per heavy atom. The monoisotopic (exact) mass is 308 g/mol. The lowest BCUT2D eigenvalue weighted by Gasteiger charge is -2.37. The first-order chi connectivity index (χ1) is 10.5. The van der Waals surface area contributed by atoms with E-state index in [0.717, 1.165) is 5.56 Å². The summed E-state index contributed by atoms with van der Waals surface area (Å²) in [6.45, 7) is 0.681. The van der Waals surface area contributed by atoms with Crippen LogP contribution in [0.3, 0.4) is 0 Å². The van der Waals surface area contributed by atoms with Gasteiger partial charge in [0, 0.05) is 6.54 Å². The van der Waals surface area contributed by atoms with Crippen molar-refractivity contribution in [1.29, 1.82) is 0 Å². The van der Waals surface area contributed by atoms with Crippen molar-refractivity contribution in [3.8, 4) is 11.5 Å². The molecule has 1 saturated heterocycles. The number of hydrogen-bond donors (Lipinski definition) is 1. The largest absolute Gasteiger partial charge is 0.493 e. The predicted octanol–water partition coefficient (Wildman–Crippen LogP) is 0.779. The lowest BCUT2D eigenvalue weighted by Crippen LogP contribution is -2.54. The van der Waals surface area contributed by atoms with Gasteiger partial charge in [-0.3, -0.25) is 14.5 Å². The van der Waals surface area contributed by atoms with Gasteiger partial charge in [0.2, 0.25) is 5.91 Å². The number of likely N-dealkylation sites (N-methyl/N-ethyl adjacent to an activating group) is 1. The average molecular weight is 308 g/mol. The number of amides is 1. The maximum atomic E-state index is 12.1. The van der Waals surface area contributed by atoms with Crippen LogP contribution in [0.1, 0.15) is 12.0 Å². The zero-order valence-corrected chi connectivity index (χ0v) is 12.9. The Labute approximate surface area is 129 Å². The molecule has 7 nitrogen and oxygen atoms in total. The number of aliphatic carboxylic acids is 1. The number of carboxylic acid groups (broad SMARTS) is 1. The summed E-state index contributed by atoms with van der Waals surface area (Å²) in [6.07, 6.45) is -0.0148. The fourth-order valence-electron chi connectivity index (χ4n) is 2.51. The van der Waals surface area contributed by atoms with Gasteiger partial charge in [0.05, 0.1) is 27.3 Å². The van der Waals surface area contributed by atoms with E-state index in [1.54, 1.807) is 37.1 Å². The predicted molar refractivity (Wildman–Crippen MR) is 78.8 cm³/mol. The van der Waals surface area contributed by atoms with Crippen LogP contribution >= 0.6 is 0 Å². The molecule has 0 radical (unpaired) electrons. The van der Waals surface area contributed by atoms with E-state index in [4.69, 9.17) is 14.6 Å². The maximum absolute atomic E-state index is 12.1. The fourth-order valence-corrected chi connectivity index (χ4v) is 2.51. The van der Waals surface area contributed by atoms with E-state index in [1.807, 2.05) is 12.1 Å². The molecular weight excluding hydrogens is 288 g/mol. The van der Waals surface area contributed by atoms with Crippen molar-refractivity contribution in [2.45, 2.75) is 19.0 Å². The van der Waals surface area contributed by atoms with Gasteiger partial charge in [-0.1, -0.05) is 6.07 Å². The first-order valence-corrected chi connectivity index (χ1v) is 6.88. The minimum atomic E-state index is -0.971. The molecular formula is C15H20N2O5. The first kappa shape index (κ1) is 16.1. The third-order valence-electron chi connectivity index (χ3n) is 3.75. The molecule has 1 fully saturated rings. The summed E-state index contributed by atoms with van der Waals surface area (Å²) in [5, 5.41) is 9.09. The molecule has 1 aromatic carbocycles. The summed E-state index contributed by atoms with van der Waals surface area (Å²) >= 11 is 0. The topological polar surface area (TPSA) is 79.3 Å². The minimum absolute atomic E-state index is 0.0148. The molecule has 1 N–H and O–H groups in total. The molecule has 7 heteroatoms. The summed E-state index contributed by atoms with van der Waals surface area (Å²) in [6, 6.07) is 4.70. The number of carbonyl (C=O) groups is 2. The summed E-state index contributed by atoms with van der Waals surface area (Å²) in [5.41, 5.74) is 0.896. The van der Waals surface area contributed by atoms with Gasteiger partial charge >= 0.3 is 5.97 Å². The summed E-state index contributed by atoms with van der Waals surface area (Å²) in [5.74, 6) is 0.0856. The maximum Gasteiger partial charge on any atom is 0.321 e. The van der Waals surface area contributed by atoms with Crippen molar-refractivity contribution in [1.82, 2.24) is 9.80 Å². The highest BCUT2D eigenvalue weighted by molar-refractivity contribution is 5.85. The molecule has 22 heavy (non-hydrogen) atoms. The lowest BCUT2D eigenvalue weighted by atomic mass is 10.1. The standard InChI is InChI=1S/C15H20N2O5/c1-16-9-17(14(18)7-11(16)15(19)20)8-10-4-5-12(21-2)13(6-10)22-3/h4-6,11H,7-9H2,1-3H3,(H,19,20). The number of ether oxygens (including phenoxy) is 2. The van der Waals surface area contributed by atoms with Gasteiger partial charge in [0.1, 0.15) is 6.04 Å². The van der Waals surface area contributed by atoms with Crippen LogP contribution in [0, 0.1) is 0 Å². The van der Waals surface area contributed by atoms with Crippen molar-refractivity contribution in [2.24, 2.45) is 0 Å². The molecule has 0 saturated carbocycles. The summed E-state index contributed by atoms with van der Waals surface area (Å²) in [7, 11) is 4.82. The quantitative estimate of drug-likeness (QED) is 0.866. The number of hydrogen-bond acceptors (Lipinski definition) is 5. The number of carbonyl (C=O) groups excluding carboxylic acids is 1. The lowest BCUT2D eigenvalue weighted by molar-refractivity contribution is -0.154. The minimum Gasteiger partial charge on any atom is -0.493 e. The van der Waals surface area contributed by atoms with Crippen molar-refractivity contribution in [3.05, 3.63) is 23.8 Å². The highest BCUT2D eigenvalue weighted by Gasteiger charge is 2.34. The van der Waals surface area contributed by atoms with Crippen LogP contribution < -0.4 is 9.47 Å². The highest BCUT2D eigenvalue weighted by Crippen LogP contribution is 2.28. The zero-order valence-electron chi connectivity index (χ0n) is 12.9. The van der Waals surface area contributed by atoms with Gasteiger partial charge in [0.15, 0.2) is 11.5 Å². The Balaban J connectivity index is 2.11. The van der Waals surface area contributed by atoms with Crippen LogP contribution in [-0.4, -0.2) is 60.8 Å². The van der Waals surface area contributed by atoms with Crippen LogP contribution in [0.5, 0.6) is 11.5 Å². The van der Waals surface area contributed by atoms with Crippen molar-refractivity contribution < 1.29 is 24.2 Å². The molecule has 1 heterocycles. The van der Waals surface area contributed by atoms with Gasteiger partial charge < -0.3 is 19.5 Å². The molecule has 1 amide bonds. The molecule has 0 spiro atoms. The van der Waals surface area contributed by atoms with Gasteiger partial charge in [-0.15, -0.1) is 0 Å². The average Bonchev–Trinajstić information content (AvgIpc) is 2.50. The number of methoxy groups -OCH3 is 2. The summed E-state index contributed by atoms with van der Waals surface area (Å²) < 4.78 is 10.4. The second-order valence-electron chi connectivity index (χ2n) is 5.24. The smallest absolute Gasteiger partial charge is 0.321 e. The zero-order chi connectivity index (χ0) is 16.3. The summed E-state index contributed by atoms with van der Waals surface area (Å²) in [4.78, 5) is 26.5. The Bertz CT molecular complexity index is 575. The Hall–Kier alpha value is -2.28. The first-order valence-electron chi connectivity index (χ1n) is 6.88.